The minimum absolute atomic E-state index is 0.0730. The van der Waals surface area contributed by atoms with Gasteiger partial charge in [0.25, 0.3) is 5.91 Å². The summed E-state index contributed by atoms with van der Waals surface area (Å²) in [5.41, 5.74) is 3.60. The Morgan fingerprint density at radius 2 is 2.03 bits per heavy atom. The van der Waals surface area contributed by atoms with Crippen molar-refractivity contribution in [3.8, 4) is 23.0 Å². The van der Waals surface area contributed by atoms with Crippen LogP contribution in [0.2, 0.25) is 0 Å². The Bertz CT molecular complexity index is 1410. The first-order valence-electron chi connectivity index (χ1n) is 11.0. The second kappa shape index (κ2) is 6.78. The molecule has 33 heavy (non-hydrogen) atoms. The Balaban J connectivity index is 1.39. The van der Waals surface area contributed by atoms with Crippen LogP contribution in [0.5, 0.6) is 5.75 Å². The first-order valence-corrected chi connectivity index (χ1v) is 11.0. The van der Waals surface area contributed by atoms with Gasteiger partial charge in [-0.05, 0) is 57.5 Å². The number of aromatic nitrogens is 5. The molecule has 8 heteroatoms. The van der Waals surface area contributed by atoms with Crippen molar-refractivity contribution < 1.29 is 9.53 Å². The van der Waals surface area contributed by atoms with E-state index in [0.29, 0.717) is 17.9 Å². The van der Waals surface area contributed by atoms with Gasteiger partial charge >= 0.3 is 0 Å². The van der Waals surface area contributed by atoms with E-state index < -0.39 is 5.60 Å². The highest BCUT2D eigenvalue weighted by atomic mass is 16.5. The Morgan fingerprint density at radius 1 is 1.18 bits per heavy atom. The van der Waals surface area contributed by atoms with E-state index in [4.69, 9.17) is 9.72 Å². The van der Waals surface area contributed by atoms with Crippen LogP contribution in [0.3, 0.4) is 0 Å². The van der Waals surface area contributed by atoms with Gasteiger partial charge in [0.2, 0.25) is 0 Å². The summed E-state index contributed by atoms with van der Waals surface area (Å²) in [5, 5.41) is 0. The Hall–Kier alpha value is -3.94. The molecule has 0 N–H and O–H groups in total. The number of nitrogens with zero attached hydrogens (tertiary/aromatic N) is 6. The molecule has 0 radical (unpaired) electrons. The maximum Gasteiger partial charge on any atom is 0.260 e. The highest BCUT2D eigenvalue weighted by molar-refractivity contribution is 6.10. The van der Waals surface area contributed by atoms with Gasteiger partial charge in [-0.15, -0.1) is 0 Å². The summed E-state index contributed by atoms with van der Waals surface area (Å²) < 4.78 is 10.4. The van der Waals surface area contributed by atoms with Gasteiger partial charge in [-0.2, -0.15) is 0 Å². The smallest absolute Gasteiger partial charge is 0.260 e. The van der Waals surface area contributed by atoms with Gasteiger partial charge < -0.3 is 9.30 Å². The number of carbonyl (C=O) groups is 1. The number of hydrogen-bond acceptors (Lipinski definition) is 5. The minimum Gasteiger partial charge on any atom is -0.479 e. The van der Waals surface area contributed by atoms with Gasteiger partial charge in [-0.25, -0.2) is 15.0 Å². The summed E-state index contributed by atoms with van der Waals surface area (Å²) in [6.07, 6.45) is 7.29. The molecule has 2 aliphatic heterocycles. The lowest BCUT2D eigenvalue weighted by molar-refractivity contribution is 0.0923. The molecule has 0 saturated heterocycles. The number of imidazole rings is 2. The zero-order valence-corrected chi connectivity index (χ0v) is 19.0. The van der Waals surface area contributed by atoms with Crippen molar-refractivity contribution >= 4 is 11.7 Å². The second-order valence-corrected chi connectivity index (χ2v) is 9.26. The van der Waals surface area contributed by atoms with Gasteiger partial charge in [-0.3, -0.25) is 14.3 Å². The SMILES string of the molecule is CC(C)n1ccnc1-c1cccc(N2Cc3cc4c(cc3C2=O)-n2cncc2C(C)(C)O4)n1. The molecular formula is C25H24N6O2. The van der Waals surface area contributed by atoms with Gasteiger partial charge in [0, 0.05) is 24.0 Å². The first-order chi connectivity index (χ1) is 15.8. The van der Waals surface area contributed by atoms with Gasteiger partial charge in [0.05, 0.1) is 30.5 Å². The summed E-state index contributed by atoms with van der Waals surface area (Å²) in [5.74, 6) is 2.07. The predicted molar refractivity (Wildman–Crippen MR) is 124 cm³/mol. The van der Waals surface area contributed by atoms with E-state index in [9.17, 15) is 4.79 Å². The molecular weight excluding hydrogens is 416 g/mol. The molecule has 0 fully saturated rings. The summed E-state index contributed by atoms with van der Waals surface area (Å²) in [4.78, 5) is 28.7. The number of hydrogen-bond donors (Lipinski definition) is 0. The number of amides is 1. The second-order valence-electron chi connectivity index (χ2n) is 9.26. The zero-order valence-electron chi connectivity index (χ0n) is 19.0. The molecule has 3 aromatic heterocycles. The third kappa shape index (κ3) is 2.90. The molecule has 0 saturated carbocycles. The fourth-order valence-electron chi connectivity index (χ4n) is 4.67. The van der Waals surface area contributed by atoms with E-state index in [1.54, 1.807) is 23.6 Å². The molecule has 5 heterocycles. The van der Waals surface area contributed by atoms with E-state index in [0.717, 1.165) is 34.2 Å². The van der Waals surface area contributed by atoms with Crippen molar-refractivity contribution in [1.82, 2.24) is 24.1 Å². The highest BCUT2D eigenvalue weighted by Gasteiger charge is 2.37. The summed E-state index contributed by atoms with van der Waals surface area (Å²) in [6.45, 7) is 8.69. The predicted octanol–water partition coefficient (Wildman–Crippen LogP) is 4.50. The van der Waals surface area contributed by atoms with Gasteiger partial charge in [-0.1, -0.05) is 6.07 Å². The van der Waals surface area contributed by atoms with Crippen LogP contribution < -0.4 is 9.64 Å². The molecule has 1 aromatic carbocycles. The van der Waals surface area contributed by atoms with Crippen molar-refractivity contribution in [1.29, 1.82) is 0 Å². The monoisotopic (exact) mass is 440 g/mol. The Morgan fingerprint density at radius 3 is 2.85 bits per heavy atom. The van der Waals surface area contributed by atoms with Crippen LogP contribution in [-0.2, 0) is 12.1 Å². The summed E-state index contributed by atoms with van der Waals surface area (Å²) in [7, 11) is 0. The average Bonchev–Trinajstić information content (AvgIpc) is 3.52. The molecule has 0 aliphatic carbocycles. The molecule has 166 valence electrons. The number of pyridine rings is 1. The van der Waals surface area contributed by atoms with Crippen LogP contribution in [0, 0.1) is 0 Å². The van der Waals surface area contributed by atoms with Crippen LogP contribution in [0.25, 0.3) is 17.2 Å². The largest absolute Gasteiger partial charge is 0.479 e. The third-order valence-corrected chi connectivity index (χ3v) is 6.33. The molecule has 1 amide bonds. The molecule has 4 aromatic rings. The molecule has 0 bridgehead atoms. The standard InChI is InChI=1S/C25H24N6O2/c1-15(2)29-9-8-27-23(29)18-6-5-7-22(28-18)30-13-16-10-20-19(11-17(16)24(30)32)31-14-26-12-21(31)25(3,4)33-20/h5-12,14-15H,13H2,1-4H3. The van der Waals surface area contributed by atoms with Crippen LogP contribution >= 0.6 is 0 Å². The van der Waals surface area contributed by atoms with Crippen molar-refractivity contribution in [2.75, 3.05) is 4.90 Å². The maximum atomic E-state index is 13.4. The summed E-state index contributed by atoms with van der Waals surface area (Å²) >= 11 is 0. The summed E-state index contributed by atoms with van der Waals surface area (Å²) in [6, 6.07) is 9.85. The van der Waals surface area contributed by atoms with Gasteiger partial charge in [0.1, 0.15) is 22.9 Å². The van der Waals surface area contributed by atoms with Crippen molar-refractivity contribution in [3.05, 3.63) is 72.1 Å². The fourth-order valence-corrected chi connectivity index (χ4v) is 4.67. The Kier molecular flexibility index (Phi) is 4.05. The molecule has 0 unspecified atom stereocenters. The van der Waals surface area contributed by atoms with Crippen molar-refractivity contribution in [3.63, 3.8) is 0 Å². The quantitative estimate of drug-likeness (QED) is 0.469. The van der Waals surface area contributed by atoms with Crippen molar-refractivity contribution in [2.45, 2.75) is 45.9 Å². The van der Waals surface area contributed by atoms with E-state index in [-0.39, 0.29) is 11.9 Å². The molecule has 6 rings (SSSR count). The van der Waals surface area contributed by atoms with Crippen LogP contribution in [-0.4, -0.2) is 30.0 Å². The fraction of sp³-hybridized carbons (Fsp3) is 0.280. The average molecular weight is 441 g/mol. The first kappa shape index (κ1) is 19.7. The number of rotatable bonds is 3. The van der Waals surface area contributed by atoms with E-state index in [2.05, 4.69) is 28.4 Å². The number of fused-ring (bicyclic) bond motifs is 4. The van der Waals surface area contributed by atoms with Gasteiger partial charge in [0.15, 0.2) is 5.82 Å². The van der Waals surface area contributed by atoms with Crippen molar-refractivity contribution in [2.24, 2.45) is 0 Å². The van der Waals surface area contributed by atoms with E-state index in [1.165, 1.54) is 0 Å². The van der Waals surface area contributed by atoms with Crippen LogP contribution in [0.15, 0.2) is 55.2 Å². The molecule has 0 spiro atoms. The molecule has 2 aliphatic rings. The third-order valence-electron chi connectivity index (χ3n) is 6.33. The van der Waals surface area contributed by atoms with E-state index >= 15 is 0 Å². The lowest BCUT2D eigenvalue weighted by Crippen LogP contribution is -2.32. The maximum absolute atomic E-state index is 13.4. The number of benzene rings is 1. The zero-order chi connectivity index (χ0) is 22.9. The highest BCUT2D eigenvalue weighted by Crippen LogP contribution is 2.42. The minimum atomic E-state index is -0.506. The Labute approximate surface area is 191 Å². The van der Waals surface area contributed by atoms with E-state index in [1.807, 2.05) is 54.9 Å². The molecule has 0 atom stereocenters. The van der Waals surface area contributed by atoms with Crippen LogP contribution in [0.1, 0.15) is 55.4 Å². The number of carbonyl (C=O) groups excluding carboxylic acids is 1. The van der Waals surface area contributed by atoms with Crippen LogP contribution in [0.4, 0.5) is 5.82 Å². The normalized spacial score (nSPS) is 15.9. The number of ether oxygens (including phenoxy) is 1. The lowest BCUT2D eigenvalue weighted by atomic mass is 10.0. The molecule has 8 nitrogen and oxygen atoms in total. The number of anilines is 1. The lowest BCUT2D eigenvalue weighted by Gasteiger charge is -2.33. The topological polar surface area (TPSA) is 78.1 Å².